The third-order valence-electron chi connectivity index (χ3n) is 3.49. The second-order valence-electron chi connectivity index (χ2n) is 6.36. The largest absolute Gasteiger partial charge is 0.270 e. The molecule has 24 heavy (non-hydrogen) atoms. The second-order valence-corrected chi connectivity index (χ2v) is 6.36. The third kappa shape index (κ3) is 2.83. The molecule has 0 aromatic heterocycles. The Morgan fingerprint density at radius 1 is 0.958 bits per heavy atom. The molecule has 0 spiro atoms. The van der Waals surface area contributed by atoms with Gasteiger partial charge in [-0.2, -0.15) is 0 Å². The molecular formula is C20H14N4. The summed E-state index contributed by atoms with van der Waals surface area (Å²) in [5, 5.41) is 18.8. The zero-order valence-corrected chi connectivity index (χ0v) is 13.7. The number of rotatable bonds is 0. The fourth-order valence-electron chi connectivity index (χ4n) is 2.70. The molecule has 1 aromatic carbocycles. The van der Waals surface area contributed by atoms with E-state index in [1.807, 2.05) is 63.3 Å². The topological polar surface area (TPSA) is 56.3 Å². The zero-order valence-electron chi connectivity index (χ0n) is 13.7. The molecule has 1 aliphatic rings. The van der Waals surface area contributed by atoms with Crippen LogP contribution in [-0.2, 0) is 0 Å². The van der Waals surface area contributed by atoms with E-state index in [2.05, 4.69) is 9.69 Å². The van der Waals surface area contributed by atoms with E-state index in [1.54, 1.807) is 0 Å². The van der Waals surface area contributed by atoms with Crippen LogP contribution in [-0.4, -0.2) is 0 Å². The van der Waals surface area contributed by atoms with E-state index in [9.17, 15) is 10.5 Å². The van der Waals surface area contributed by atoms with Gasteiger partial charge < -0.3 is 0 Å². The molecule has 0 atom stereocenters. The highest BCUT2D eigenvalue weighted by Gasteiger charge is 2.32. The average Bonchev–Trinajstić information content (AvgIpc) is 2.84. The van der Waals surface area contributed by atoms with Gasteiger partial charge in [0.2, 0.25) is 0 Å². The molecule has 0 heterocycles. The first-order chi connectivity index (χ1) is 11.4. The van der Waals surface area contributed by atoms with Crippen LogP contribution in [0.15, 0.2) is 47.3 Å². The summed E-state index contributed by atoms with van der Waals surface area (Å²) in [6.45, 7) is 20.6. The minimum Gasteiger partial charge on any atom is -0.226 e. The normalized spacial score (nSPS) is 16.9. The van der Waals surface area contributed by atoms with Gasteiger partial charge in [0, 0.05) is 11.1 Å². The predicted molar refractivity (Wildman–Crippen MR) is 92.3 cm³/mol. The molecule has 0 radical (unpaired) electrons. The van der Waals surface area contributed by atoms with Crippen molar-refractivity contribution in [2.75, 3.05) is 0 Å². The van der Waals surface area contributed by atoms with Gasteiger partial charge in [-0.05, 0) is 22.1 Å². The van der Waals surface area contributed by atoms with Crippen LogP contribution < -0.4 is 0 Å². The van der Waals surface area contributed by atoms with Crippen molar-refractivity contribution in [1.29, 1.82) is 10.5 Å². The van der Waals surface area contributed by atoms with Gasteiger partial charge in [0.1, 0.15) is 0 Å². The van der Waals surface area contributed by atoms with Crippen molar-refractivity contribution in [3.63, 3.8) is 0 Å². The van der Waals surface area contributed by atoms with Gasteiger partial charge in [-0.1, -0.05) is 51.1 Å². The monoisotopic (exact) mass is 310 g/mol. The first kappa shape index (κ1) is 16.8. The summed E-state index contributed by atoms with van der Waals surface area (Å²) in [7, 11) is 0. The molecule has 0 N–H and O–H groups in total. The lowest BCUT2D eigenvalue weighted by molar-refractivity contribution is 0.543. The smallest absolute Gasteiger partial charge is 0.226 e. The van der Waals surface area contributed by atoms with E-state index in [1.165, 1.54) is 0 Å². The first-order valence-corrected chi connectivity index (χ1v) is 7.25. The van der Waals surface area contributed by atoms with E-state index in [4.69, 9.17) is 13.1 Å². The summed E-state index contributed by atoms with van der Waals surface area (Å²) in [4.78, 5) is 6.72. The Balaban J connectivity index is 3.07. The minimum absolute atomic E-state index is 0.0322. The number of nitrogens with zero attached hydrogens (tertiary/aromatic N) is 4. The summed E-state index contributed by atoms with van der Waals surface area (Å²) < 4.78 is 0. The molecule has 0 saturated heterocycles. The van der Waals surface area contributed by atoms with Crippen LogP contribution in [0.5, 0.6) is 0 Å². The fourth-order valence-corrected chi connectivity index (χ4v) is 2.70. The number of nitriles is 2. The van der Waals surface area contributed by atoms with Crippen LogP contribution in [0.2, 0.25) is 0 Å². The highest BCUT2D eigenvalue weighted by Crippen LogP contribution is 2.49. The summed E-state index contributed by atoms with van der Waals surface area (Å²) >= 11 is 0. The highest BCUT2D eigenvalue weighted by atomic mass is 14.7. The maximum atomic E-state index is 9.38. The van der Waals surface area contributed by atoms with Crippen LogP contribution in [0.4, 0.5) is 0 Å². The average molecular weight is 310 g/mol. The Morgan fingerprint density at radius 3 is 1.67 bits per heavy atom. The number of allylic oxidation sites excluding steroid dienone is 6. The van der Waals surface area contributed by atoms with Crippen LogP contribution in [0.3, 0.4) is 0 Å². The van der Waals surface area contributed by atoms with Gasteiger partial charge in [-0.15, -0.1) is 0 Å². The van der Waals surface area contributed by atoms with Gasteiger partial charge in [-0.3, -0.25) is 0 Å². The van der Waals surface area contributed by atoms with Crippen molar-refractivity contribution in [3.05, 3.63) is 81.3 Å². The van der Waals surface area contributed by atoms with Gasteiger partial charge in [-0.25, -0.2) is 20.2 Å². The molecule has 2 rings (SSSR count). The summed E-state index contributed by atoms with van der Waals surface area (Å²) in [5.41, 5.74) is 2.74. The minimum atomic E-state index is -0.251. The Labute approximate surface area is 141 Å². The number of benzene rings is 1. The summed E-state index contributed by atoms with van der Waals surface area (Å²) in [6.07, 6.45) is 1.92. The zero-order chi connectivity index (χ0) is 17.9. The lowest BCUT2D eigenvalue weighted by atomic mass is 9.88. The van der Waals surface area contributed by atoms with Crippen molar-refractivity contribution in [1.82, 2.24) is 0 Å². The molecule has 0 fully saturated rings. The summed E-state index contributed by atoms with van der Waals surface area (Å²) in [5.74, 6) is 0. The lowest BCUT2D eigenvalue weighted by Gasteiger charge is -2.16. The van der Waals surface area contributed by atoms with Gasteiger partial charge in [0.25, 0.3) is 11.4 Å². The molecule has 4 heteroatoms. The Hall–Kier alpha value is -3.60. The number of hydrogen-bond acceptors (Lipinski definition) is 2. The molecule has 4 nitrogen and oxygen atoms in total. The molecule has 114 valence electrons. The number of fused-ring (bicyclic) bond motifs is 1. The Bertz CT molecular complexity index is 866. The lowest BCUT2D eigenvalue weighted by Crippen LogP contribution is -2.02. The van der Waals surface area contributed by atoms with Gasteiger partial charge in [0.15, 0.2) is 0 Å². The van der Waals surface area contributed by atoms with Crippen molar-refractivity contribution in [3.8, 4) is 12.1 Å². The predicted octanol–water partition coefficient (Wildman–Crippen LogP) is 4.98. The fraction of sp³-hybridized carbons (Fsp3) is 0.200. The number of hydrogen-bond donors (Lipinski definition) is 0. The van der Waals surface area contributed by atoms with Crippen LogP contribution in [0.25, 0.3) is 20.8 Å². The molecular weight excluding hydrogens is 296 g/mol. The maximum absolute atomic E-state index is 9.38. The van der Waals surface area contributed by atoms with Crippen molar-refractivity contribution in [2.24, 2.45) is 5.41 Å². The van der Waals surface area contributed by atoms with Gasteiger partial charge in [0.05, 0.1) is 25.3 Å². The third-order valence-corrected chi connectivity index (χ3v) is 3.49. The van der Waals surface area contributed by atoms with Crippen molar-refractivity contribution < 1.29 is 0 Å². The second kappa shape index (κ2) is 6.26. The van der Waals surface area contributed by atoms with Crippen LogP contribution in [0.1, 0.15) is 31.9 Å². The molecule has 0 unspecified atom stereocenters. The van der Waals surface area contributed by atoms with E-state index in [0.717, 1.165) is 0 Å². The van der Waals surface area contributed by atoms with Crippen LogP contribution in [0, 0.1) is 41.2 Å². The maximum Gasteiger partial charge on any atom is 0.270 e. The Morgan fingerprint density at radius 2 is 1.38 bits per heavy atom. The standard InChI is InChI=1S/C20H14N4/c1-20(2,3)10-15-18(16(11-21)23-4)13-8-6-7-9-14(13)19(15)17(12-22)24-5/h6-10H,1-3H3/b18-16-,19-17-. The van der Waals surface area contributed by atoms with E-state index in [-0.39, 0.29) is 16.8 Å². The van der Waals surface area contributed by atoms with Gasteiger partial charge >= 0.3 is 0 Å². The van der Waals surface area contributed by atoms with Crippen molar-refractivity contribution >= 4 is 11.1 Å². The van der Waals surface area contributed by atoms with E-state index < -0.39 is 0 Å². The molecule has 0 aliphatic heterocycles. The van der Waals surface area contributed by atoms with Crippen LogP contribution >= 0.6 is 0 Å². The molecule has 0 bridgehead atoms. The molecule has 1 aromatic rings. The Kier molecular flexibility index (Phi) is 4.37. The highest BCUT2D eigenvalue weighted by molar-refractivity contribution is 6.11. The van der Waals surface area contributed by atoms with E-state index in [0.29, 0.717) is 27.8 Å². The quantitative estimate of drug-likeness (QED) is 0.501. The summed E-state index contributed by atoms with van der Waals surface area (Å²) in [6, 6.07) is 11.2. The first-order valence-electron chi connectivity index (χ1n) is 7.25. The molecule has 1 aliphatic carbocycles. The SMILES string of the molecule is [C-]#[N+]/C(C#N)=C1\C(=CC(C)(C)C)/C(=C(/C#N)[N+]#[C-])c2ccccc21. The van der Waals surface area contributed by atoms with Crippen molar-refractivity contribution in [2.45, 2.75) is 20.8 Å². The van der Waals surface area contributed by atoms with E-state index >= 15 is 0 Å². The molecule has 0 saturated carbocycles. The molecule has 0 amide bonds.